The molecule has 49 heavy (non-hydrogen) atoms. The molecule has 2 heterocycles. The maximum Gasteiger partial charge on any atom is 0.0355 e. The molecule has 2 heteroatoms. The maximum absolute atomic E-state index is 4.05. The Bertz CT molecular complexity index is 2750. The number of fused-ring (bicyclic) bond motifs is 9. The van der Waals surface area contributed by atoms with Crippen LogP contribution in [0.25, 0.3) is 85.2 Å². The van der Waals surface area contributed by atoms with Crippen LogP contribution in [0, 0.1) is 0 Å². The number of hydrogen-bond donors (Lipinski definition) is 0. The molecule has 0 aliphatic heterocycles. The number of rotatable bonds is 6. The number of thiophene rings is 2. The van der Waals surface area contributed by atoms with Gasteiger partial charge in [0.15, 0.2) is 0 Å². The Kier molecular flexibility index (Phi) is 7.35. The molecule has 9 aromatic rings. The lowest BCUT2D eigenvalue weighted by Gasteiger charge is -2.09. The number of allylic oxidation sites excluding steroid dienone is 5. The molecule has 0 bridgehead atoms. The van der Waals surface area contributed by atoms with Crippen LogP contribution in [-0.2, 0) is 0 Å². The molecule has 0 unspecified atom stereocenters. The van der Waals surface area contributed by atoms with E-state index in [-0.39, 0.29) is 0 Å². The molecule has 0 saturated carbocycles. The van der Waals surface area contributed by atoms with E-state index in [1.807, 2.05) is 34.8 Å². The maximum atomic E-state index is 4.05. The molecule has 0 radical (unpaired) electrons. The van der Waals surface area contributed by atoms with Gasteiger partial charge in [-0.3, -0.25) is 0 Å². The molecule has 0 atom stereocenters. The summed E-state index contributed by atoms with van der Waals surface area (Å²) in [7, 11) is 0. The smallest absolute Gasteiger partial charge is 0.0355 e. The van der Waals surface area contributed by atoms with Crippen LogP contribution >= 0.6 is 22.7 Å². The Morgan fingerprint density at radius 3 is 1.57 bits per heavy atom. The van der Waals surface area contributed by atoms with Gasteiger partial charge in [-0.2, -0.15) is 0 Å². The van der Waals surface area contributed by atoms with Gasteiger partial charge in [0.2, 0.25) is 0 Å². The summed E-state index contributed by atoms with van der Waals surface area (Å²) < 4.78 is 2.64. The van der Waals surface area contributed by atoms with Crippen molar-refractivity contribution >= 4 is 86.3 Å². The van der Waals surface area contributed by atoms with E-state index < -0.39 is 0 Å². The third kappa shape index (κ3) is 5.21. The summed E-state index contributed by atoms with van der Waals surface area (Å²) in [6.07, 6.45) is 6.32. The highest BCUT2D eigenvalue weighted by Gasteiger charge is 2.13. The number of hydrogen-bond acceptors (Lipinski definition) is 2. The van der Waals surface area contributed by atoms with Crippen molar-refractivity contribution in [2.24, 2.45) is 0 Å². The van der Waals surface area contributed by atoms with Crippen LogP contribution in [0.3, 0.4) is 0 Å². The molecule has 7 aromatic carbocycles. The van der Waals surface area contributed by atoms with Crippen molar-refractivity contribution in [1.29, 1.82) is 0 Å². The monoisotopic (exact) mass is 660 g/mol. The lowest BCUT2D eigenvalue weighted by atomic mass is 9.94. The van der Waals surface area contributed by atoms with Crippen molar-refractivity contribution in [2.75, 3.05) is 0 Å². The third-order valence-electron chi connectivity index (χ3n) is 9.69. The first kappa shape index (κ1) is 29.6. The lowest BCUT2D eigenvalue weighted by Crippen LogP contribution is -1.82. The quantitative estimate of drug-likeness (QED) is 0.123. The Morgan fingerprint density at radius 1 is 0.469 bits per heavy atom. The topological polar surface area (TPSA) is 0 Å². The third-order valence-corrected chi connectivity index (χ3v) is 12.1. The van der Waals surface area contributed by atoms with Gasteiger partial charge in [-0.25, -0.2) is 0 Å². The van der Waals surface area contributed by atoms with Gasteiger partial charge < -0.3 is 0 Å². The van der Waals surface area contributed by atoms with Gasteiger partial charge in [0.25, 0.3) is 0 Å². The summed E-state index contributed by atoms with van der Waals surface area (Å²) in [4.78, 5) is 2.59. The van der Waals surface area contributed by atoms with E-state index in [4.69, 9.17) is 0 Å². The molecule has 0 nitrogen and oxygen atoms in total. The predicted octanol–water partition coefficient (Wildman–Crippen LogP) is 14.6. The first-order valence-corrected chi connectivity index (χ1v) is 18.2. The van der Waals surface area contributed by atoms with E-state index in [0.717, 1.165) is 5.57 Å². The Balaban J connectivity index is 1.09. The average Bonchev–Trinajstić information content (AvgIpc) is 3.81. The van der Waals surface area contributed by atoms with Crippen molar-refractivity contribution in [3.05, 3.63) is 181 Å². The largest absolute Gasteiger partial charge is 0.136 e. The van der Waals surface area contributed by atoms with Crippen LogP contribution in [0.5, 0.6) is 0 Å². The minimum Gasteiger partial charge on any atom is -0.136 e. The summed E-state index contributed by atoms with van der Waals surface area (Å²) in [5.74, 6) is 0. The van der Waals surface area contributed by atoms with Gasteiger partial charge in [-0.05, 0) is 96.9 Å². The summed E-state index contributed by atoms with van der Waals surface area (Å²) >= 11 is 3.74. The van der Waals surface area contributed by atoms with Crippen LogP contribution in [0.2, 0.25) is 0 Å². The fourth-order valence-electron chi connectivity index (χ4n) is 7.08. The van der Waals surface area contributed by atoms with Gasteiger partial charge in [-0.15, -0.1) is 22.7 Å². The fourth-order valence-corrected chi connectivity index (χ4v) is 9.22. The number of benzene rings is 7. The summed E-state index contributed by atoms with van der Waals surface area (Å²) in [5, 5.41) is 10.5. The second-order valence-electron chi connectivity index (χ2n) is 12.6. The van der Waals surface area contributed by atoms with E-state index in [9.17, 15) is 0 Å². The van der Waals surface area contributed by atoms with Gasteiger partial charge in [0, 0.05) is 29.9 Å². The normalized spacial score (nSPS) is 12.5. The highest BCUT2D eigenvalue weighted by atomic mass is 32.1. The van der Waals surface area contributed by atoms with Gasteiger partial charge in [-0.1, -0.05) is 146 Å². The molecule has 0 saturated heterocycles. The van der Waals surface area contributed by atoms with Crippen molar-refractivity contribution < 1.29 is 0 Å². The zero-order valence-corrected chi connectivity index (χ0v) is 28.7. The molecule has 0 N–H and O–H groups in total. The van der Waals surface area contributed by atoms with Crippen molar-refractivity contribution in [3.8, 4) is 21.6 Å². The molecule has 0 aliphatic rings. The molecular formula is C47H32S2. The van der Waals surface area contributed by atoms with Crippen LogP contribution in [0.4, 0.5) is 0 Å². The van der Waals surface area contributed by atoms with E-state index in [1.165, 1.54) is 90.1 Å². The average molecular weight is 661 g/mol. The summed E-state index contributed by atoms with van der Waals surface area (Å²) in [5.41, 5.74) is 7.31. The van der Waals surface area contributed by atoms with Crippen LogP contribution in [-0.4, -0.2) is 0 Å². The Morgan fingerprint density at radius 2 is 0.959 bits per heavy atom. The molecular weight excluding hydrogens is 629 g/mol. The first-order chi connectivity index (χ1) is 24.1. The Hall–Kier alpha value is -5.54. The van der Waals surface area contributed by atoms with Crippen molar-refractivity contribution in [3.63, 3.8) is 0 Å². The van der Waals surface area contributed by atoms with Gasteiger partial charge in [0.05, 0.1) is 0 Å². The molecule has 0 spiro atoms. The van der Waals surface area contributed by atoms with E-state index in [2.05, 4.69) is 165 Å². The minimum absolute atomic E-state index is 1.12. The molecule has 0 fully saturated rings. The zero-order chi connectivity index (χ0) is 32.9. The predicted molar refractivity (Wildman–Crippen MR) is 219 cm³/mol. The molecule has 0 amide bonds. The standard InChI is InChI=1S/C47H32S2/c1-3-31(32-10-6-4-7-11-32)15-14-30(2)46-28-42-40-22-20-37-36(38(40)24-26-44(42)48-46)21-23-41-39(37)25-27-45-43(41)29-47(49-45)35-18-16-34(17-19-35)33-12-8-5-9-13-33/h3-29H,1H2,2H3/b30-14+,31-15+. The van der Waals surface area contributed by atoms with Crippen LogP contribution in [0.1, 0.15) is 17.4 Å². The molecule has 2 aromatic heterocycles. The lowest BCUT2D eigenvalue weighted by molar-refractivity contribution is 1.62. The highest BCUT2D eigenvalue weighted by Crippen LogP contribution is 2.42. The Labute approximate surface area is 294 Å². The van der Waals surface area contributed by atoms with Crippen molar-refractivity contribution in [1.82, 2.24) is 0 Å². The SMILES string of the molecule is C=C/C(=C\C=C(/C)c1cc2c(ccc3c2ccc2c4ccc5sc(-c6ccc(-c7ccccc7)cc6)cc5c4ccc32)s1)c1ccccc1. The van der Waals surface area contributed by atoms with Gasteiger partial charge >= 0.3 is 0 Å². The van der Waals surface area contributed by atoms with Crippen LogP contribution < -0.4 is 0 Å². The first-order valence-electron chi connectivity index (χ1n) is 16.6. The second kappa shape index (κ2) is 12.2. The second-order valence-corrected chi connectivity index (χ2v) is 14.7. The van der Waals surface area contributed by atoms with Gasteiger partial charge in [0.1, 0.15) is 0 Å². The summed E-state index contributed by atoms with van der Waals surface area (Å²) in [6.45, 7) is 6.25. The minimum atomic E-state index is 1.12. The van der Waals surface area contributed by atoms with Crippen molar-refractivity contribution in [2.45, 2.75) is 6.92 Å². The molecule has 9 rings (SSSR count). The molecule has 232 valence electrons. The zero-order valence-electron chi connectivity index (χ0n) is 27.1. The highest BCUT2D eigenvalue weighted by molar-refractivity contribution is 7.22. The summed E-state index contributed by atoms with van der Waals surface area (Å²) in [6, 6.07) is 53.3. The van der Waals surface area contributed by atoms with E-state index >= 15 is 0 Å². The fraction of sp³-hybridized carbons (Fsp3) is 0.0213. The van der Waals surface area contributed by atoms with Crippen LogP contribution in [0.15, 0.2) is 170 Å². The van der Waals surface area contributed by atoms with E-state index in [1.54, 1.807) is 0 Å². The molecule has 0 aliphatic carbocycles. The van der Waals surface area contributed by atoms with E-state index in [0.29, 0.717) is 0 Å².